The quantitative estimate of drug-likeness (QED) is 0.299. The highest BCUT2D eigenvalue weighted by Gasteiger charge is 2.14. The van der Waals surface area contributed by atoms with E-state index in [1.54, 1.807) is 0 Å². The molecule has 2 heterocycles. The summed E-state index contributed by atoms with van der Waals surface area (Å²) in [6.07, 6.45) is 0. The third kappa shape index (κ3) is 4.52. The minimum absolute atomic E-state index is 0.372. The van der Waals surface area contributed by atoms with Gasteiger partial charge in [-0.1, -0.05) is 36.4 Å². The van der Waals surface area contributed by atoms with Crippen molar-refractivity contribution in [3.63, 3.8) is 0 Å². The van der Waals surface area contributed by atoms with Crippen LogP contribution < -0.4 is 9.47 Å². The Morgan fingerprint density at radius 2 is 1.67 bits per heavy atom. The number of thiophene rings is 1. The van der Waals surface area contributed by atoms with E-state index < -0.39 is 5.97 Å². The first-order valence-electron chi connectivity index (χ1n) is 10.5. The molecule has 0 bridgehead atoms. The van der Waals surface area contributed by atoms with Crippen LogP contribution >= 0.6 is 11.3 Å². The first-order chi connectivity index (χ1) is 16.1. The van der Waals surface area contributed by atoms with Crippen LogP contribution in [0.1, 0.15) is 26.5 Å². The number of pyridine rings is 1. The molecule has 0 amide bonds. The number of para-hydroxylation sites is 1. The molecule has 2 aromatic heterocycles. The van der Waals surface area contributed by atoms with Crippen molar-refractivity contribution in [2.24, 2.45) is 0 Å². The van der Waals surface area contributed by atoms with E-state index in [4.69, 9.17) is 9.47 Å². The molecule has 5 rings (SSSR count). The van der Waals surface area contributed by atoms with Crippen molar-refractivity contribution >= 4 is 38.3 Å². The van der Waals surface area contributed by atoms with Crippen LogP contribution in [0.3, 0.4) is 0 Å². The summed E-state index contributed by atoms with van der Waals surface area (Å²) in [5, 5.41) is 11.4. The number of carboxylic acids is 1. The molecule has 5 aromatic rings. The molecule has 0 saturated heterocycles. The van der Waals surface area contributed by atoms with Gasteiger partial charge in [-0.15, -0.1) is 11.3 Å². The molecule has 0 atom stereocenters. The third-order valence-electron chi connectivity index (χ3n) is 5.47. The highest BCUT2D eigenvalue weighted by atomic mass is 32.1. The maximum atomic E-state index is 11.4. The van der Waals surface area contributed by atoms with Crippen molar-refractivity contribution in [1.82, 2.24) is 4.98 Å². The zero-order valence-electron chi connectivity index (χ0n) is 17.9. The number of ether oxygens (including phenoxy) is 2. The number of aromatic carboxylic acids is 1. The topological polar surface area (TPSA) is 68.7 Å². The van der Waals surface area contributed by atoms with Gasteiger partial charge >= 0.3 is 5.97 Å². The lowest BCUT2D eigenvalue weighted by molar-refractivity contribution is 0.0701. The Hall–Kier alpha value is -3.90. The SMILES string of the molecule is Cc1c(C(=O)O)sc2ccc(OCc3ccc(OCc4ccc5ccccc5n4)cc3)cc12. The molecule has 6 heteroatoms. The van der Waals surface area contributed by atoms with Crippen LogP contribution in [-0.4, -0.2) is 16.1 Å². The van der Waals surface area contributed by atoms with Gasteiger partial charge in [-0.2, -0.15) is 0 Å². The number of hydrogen-bond acceptors (Lipinski definition) is 5. The van der Waals surface area contributed by atoms with Gasteiger partial charge in [0.15, 0.2) is 0 Å². The average Bonchev–Trinajstić information content (AvgIpc) is 3.18. The van der Waals surface area contributed by atoms with Gasteiger partial charge in [0.25, 0.3) is 0 Å². The van der Waals surface area contributed by atoms with Gasteiger partial charge in [-0.25, -0.2) is 9.78 Å². The number of hydrogen-bond donors (Lipinski definition) is 1. The molecule has 1 N–H and O–H groups in total. The van der Waals surface area contributed by atoms with Crippen molar-refractivity contribution in [1.29, 1.82) is 0 Å². The zero-order valence-corrected chi connectivity index (χ0v) is 18.8. The fraction of sp³-hybridized carbons (Fsp3) is 0.111. The van der Waals surface area contributed by atoms with Gasteiger partial charge in [0.05, 0.1) is 11.2 Å². The van der Waals surface area contributed by atoms with Gasteiger partial charge in [0, 0.05) is 10.1 Å². The maximum absolute atomic E-state index is 11.4. The van der Waals surface area contributed by atoms with Gasteiger partial charge in [-0.05, 0) is 65.9 Å². The van der Waals surface area contributed by atoms with Crippen molar-refractivity contribution in [3.8, 4) is 11.5 Å². The van der Waals surface area contributed by atoms with Crippen molar-refractivity contribution in [2.45, 2.75) is 20.1 Å². The lowest BCUT2D eigenvalue weighted by Crippen LogP contribution is -1.99. The number of fused-ring (bicyclic) bond motifs is 2. The molecule has 3 aromatic carbocycles. The van der Waals surface area contributed by atoms with E-state index in [1.165, 1.54) is 11.3 Å². The average molecular weight is 456 g/mol. The van der Waals surface area contributed by atoms with Crippen LogP contribution in [-0.2, 0) is 13.2 Å². The Morgan fingerprint density at radius 3 is 2.48 bits per heavy atom. The summed E-state index contributed by atoms with van der Waals surface area (Å²) in [6.45, 7) is 2.64. The van der Waals surface area contributed by atoms with Crippen LogP contribution in [0.15, 0.2) is 78.9 Å². The van der Waals surface area contributed by atoms with Crippen LogP contribution in [0, 0.1) is 6.92 Å². The van der Waals surface area contributed by atoms with E-state index in [0.29, 0.717) is 23.8 Å². The minimum Gasteiger partial charge on any atom is -0.489 e. The highest BCUT2D eigenvalue weighted by molar-refractivity contribution is 7.21. The molecule has 164 valence electrons. The Bertz CT molecular complexity index is 1460. The second-order valence-electron chi connectivity index (χ2n) is 7.74. The number of rotatable bonds is 7. The first-order valence-corrected chi connectivity index (χ1v) is 11.3. The zero-order chi connectivity index (χ0) is 22.8. The third-order valence-corrected chi connectivity index (χ3v) is 6.73. The Kier molecular flexibility index (Phi) is 5.67. The summed E-state index contributed by atoms with van der Waals surface area (Å²) in [6, 6.07) is 25.5. The predicted molar refractivity (Wildman–Crippen MR) is 130 cm³/mol. The number of aromatic nitrogens is 1. The van der Waals surface area contributed by atoms with Crippen LogP contribution in [0.2, 0.25) is 0 Å². The summed E-state index contributed by atoms with van der Waals surface area (Å²) >= 11 is 1.29. The molecule has 5 nitrogen and oxygen atoms in total. The Morgan fingerprint density at radius 1 is 0.909 bits per heavy atom. The van der Waals surface area contributed by atoms with Gasteiger partial charge in [0.1, 0.15) is 29.6 Å². The van der Waals surface area contributed by atoms with Crippen LogP contribution in [0.5, 0.6) is 11.5 Å². The Labute approximate surface area is 194 Å². The standard InChI is InChI=1S/C27H21NO4S/c1-17-23-14-22(12-13-25(23)33-26(17)27(29)30)31-15-18-6-10-21(11-7-18)32-16-20-9-8-19-4-2-3-5-24(19)28-20/h2-14H,15-16H2,1H3,(H,29,30). The lowest BCUT2D eigenvalue weighted by atomic mass is 10.1. The minimum atomic E-state index is -0.894. The number of benzene rings is 3. The summed E-state index contributed by atoms with van der Waals surface area (Å²) in [5.74, 6) is 0.586. The molecule has 0 aliphatic heterocycles. The van der Waals surface area contributed by atoms with E-state index in [-0.39, 0.29) is 0 Å². The molecule has 0 fully saturated rings. The first kappa shape index (κ1) is 21.0. The molecule has 0 aliphatic carbocycles. The number of aryl methyl sites for hydroxylation is 1. The monoisotopic (exact) mass is 455 g/mol. The summed E-state index contributed by atoms with van der Waals surface area (Å²) < 4.78 is 12.8. The Balaban J connectivity index is 1.21. The smallest absolute Gasteiger partial charge is 0.346 e. The summed E-state index contributed by atoms with van der Waals surface area (Å²) in [5.41, 5.74) is 3.63. The molecular weight excluding hydrogens is 434 g/mol. The lowest BCUT2D eigenvalue weighted by Gasteiger charge is -2.09. The van der Waals surface area contributed by atoms with E-state index in [1.807, 2.05) is 79.7 Å². The number of nitrogens with zero attached hydrogens (tertiary/aromatic N) is 1. The highest BCUT2D eigenvalue weighted by Crippen LogP contribution is 2.33. The fourth-order valence-corrected chi connectivity index (χ4v) is 4.72. The fourth-order valence-electron chi connectivity index (χ4n) is 3.69. The van der Waals surface area contributed by atoms with Crippen LogP contribution in [0.25, 0.3) is 21.0 Å². The molecule has 0 radical (unpaired) electrons. The van der Waals surface area contributed by atoms with E-state index in [9.17, 15) is 9.90 Å². The number of carbonyl (C=O) groups is 1. The number of carboxylic acid groups (broad SMARTS) is 1. The molecule has 0 unspecified atom stereocenters. The second-order valence-corrected chi connectivity index (χ2v) is 8.79. The van der Waals surface area contributed by atoms with E-state index in [2.05, 4.69) is 11.1 Å². The molecule has 33 heavy (non-hydrogen) atoms. The molecule has 0 spiro atoms. The second kappa shape index (κ2) is 8.92. The van der Waals surface area contributed by atoms with Crippen molar-refractivity contribution < 1.29 is 19.4 Å². The van der Waals surface area contributed by atoms with Gasteiger partial charge in [0.2, 0.25) is 0 Å². The largest absolute Gasteiger partial charge is 0.489 e. The van der Waals surface area contributed by atoms with Crippen molar-refractivity contribution in [3.05, 3.63) is 101 Å². The van der Waals surface area contributed by atoms with Crippen molar-refractivity contribution in [2.75, 3.05) is 0 Å². The van der Waals surface area contributed by atoms with Gasteiger partial charge in [-0.3, -0.25) is 0 Å². The molecule has 0 saturated carbocycles. The normalized spacial score (nSPS) is 11.1. The molecular formula is C27H21NO4S. The van der Waals surface area contributed by atoms with Crippen LogP contribution in [0.4, 0.5) is 0 Å². The van der Waals surface area contributed by atoms with Gasteiger partial charge < -0.3 is 14.6 Å². The van der Waals surface area contributed by atoms with E-state index >= 15 is 0 Å². The molecule has 0 aliphatic rings. The maximum Gasteiger partial charge on any atom is 0.346 e. The summed E-state index contributed by atoms with van der Waals surface area (Å²) in [4.78, 5) is 16.4. The predicted octanol–water partition coefficient (Wildman–Crippen LogP) is 6.61. The van der Waals surface area contributed by atoms with E-state index in [0.717, 1.165) is 43.6 Å². The summed E-state index contributed by atoms with van der Waals surface area (Å²) in [7, 11) is 0.